The van der Waals surface area contributed by atoms with Crippen LogP contribution in [0.2, 0.25) is 0 Å². The number of carboxylic acids is 1. The molecule has 1 atom stereocenters. The van der Waals surface area contributed by atoms with E-state index in [0.29, 0.717) is 25.3 Å². The van der Waals surface area contributed by atoms with Crippen molar-refractivity contribution in [3.05, 3.63) is 23.7 Å². The molecule has 8 heteroatoms. The molecule has 3 N–H and O–H groups in total. The van der Waals surface area contributed by atoms with Crippen molar-refractivity contribution in [3.63, 3.8) is 0 Å². The summed E-state index contributed by atoms with van der Waals surface area (Å²) in [4.78, 5) is 10.7. The number of nitrogens with one attached hydrogen (secondary N) is 2. The Morgan fingerprint density at radius 3 is 2.63 bits per heavy atom. The molecule has 1 aromatic rings. The molecule has 108 valence electrons. The average Bonchev–Trinajstić information content (AvgIpc) is 2.76. The summed E-state index contributed by atoms with van der Waals surface area (Å²) >= 11 is 0. The maximum atomic E-state index is 10.8. The van der Waals surface area contributed by atoms with Gasteiger partial charge in [0.05, 0.1) is 12.3 Å². The molecule has 0 saturated heterocycles. The monoisotopic (exact) mass is 290 g/mol. The van der Waals surface area contributed by atoms with Gasteiger partial charge in [0, 0.05) is 6.54 Å². The van der Waals surface area contributed by atoms with E-state index >= 15 is 0 Å². The van der Waals surface area contributed by atoms with Gasteiger partial charge < -0.3 is 14.8 Å². The average molecular weight is 290 g/mol. The van der Waals surface area contributed by atoms with Crippen molar-refractivity contribution in [1.29, 1.82) is 0 Å². The number of sulfonamides is 1. The number of rotatable bonds is 8. The Labute approximate surface area is 112 Å². The van der Waals surface area contributed by atoms with Crippen LogP contribution in [0, 0.1) is 0 Å². The van der Waals surface area contributed by atoms with Crippen LogP contribution < -0.4 is 10.0 Å². The number of hydrogen-bond acceptors (Lipinski definition) is 5. The zero-order valence-corrected chi connectivity index (χ0v) is 11.7. The molecular formula is C11H18N2O5S. The first kappa shape index (κ1) is 15.7. The molecule has 1 aromatic heterocycles. The molecule has 1 unspecified atom stereocenters. The molecule has 0 aliphatic heterocycles. The van der Waals surface area contributed by atoms with Gasteiger partial charge >= 0.3 is 5.97 Å². The maximum Gasteiger partial charge on any atom is 0.371 e. The highest BCUT2D eigenvalue weighted by Crippen LogP contribution is 2.15. The molecule has 1 rings (SSSR count). The van der Waals surface area contributed by atoms with E-state index in [9.17, 15) is 13.2 Å². The van der Waals surface area contributed by atoms with Gasteiger partial charge in [-0.1, -0.05) is 0 Å². The van der Waals surface area contributed by atoms with Crippen molar-refractivity contribution in [2.45, 2.75) is 19.4 Å². The zero-order valence-electron chi connectivity index (χ0n) is 10.8. The summed E-state index contributed by atoms with van der Waals surface area (Å²) in [5.41, 5.74) is 0. The van der Waals surface area contributed by atoms with Gasteiger partial charge in [0.1, 0.15) is 5.76 Å². The summed E-state index contributed by atoms with van der Waals surface area (Å²) in [7, 11) is -3.14. The Balaban J connectivity index is 2.31. The van der Waals surface area contributed by atoms with E-state index in [0.717, 1.165) is 6.26 Å². The molecular weight excluding hydrogens is 272 g/mol. The van der Waals surface area contributed by atoms with E-state index in [-0.39, 0.29) is 11.8 Å². The second-order valence-corrected chi connectivity index (χ2v) is 6.04. The smallest absolute Gasteiger partial charge is 0.371 e. The van der Waals surface area contributed by atoms with Crippen LogP contribution in [0.1, 0.15) is 35.7 Å². The molecule has 0 fully saturated rings. The molecule has 0 amide bonds. The van der Waals surface area contributed by atoms with Crippen LogP contribution in [0.25, 0.3) is 0 Å². The highest BCUT2D eigenvalue weighted by Gasteiger charge is 2.13. The van der Waals surface area contributed by atoms with E-state index in [2.05, 4.69) is 10.0 Å². The molecule has 0 aromatic carbocycles. The fourth-order valence-electron chi connectivity index (χ4n) is 1.47. The normalized spacial score (nSPS) is 13.4. The summed E-state index contributed by atoms with van der Waals surface area (Å²) in [6, 6.07) is 2.88. The minimum Gasteiger partial charge on any atom is -0.475 e. The summed E-state index contributed by atoms with van der Waals surface area (Å²) in [6.45, 7) is 2.79. The highest BCUT2D eigenvalue weighted by atomic mass is 32.2. The lowest BCUT2D eigenvalue weighted by Gasteiger charge is -2.11. The van der Waals surface area contributed by atoms with E-state index in [1.54, 1.807) is 6.07 Å². The fourth-order valence-corrected chi connectivity index (χ4v) is 1.98. The van der Waals surface area contributed by atoms with Crippen molar-refractivity contribution < 1.29 is 22.7 Å². The molecule has 0 bridgehead atoms. The van der Waals surface area contributed by atoms with Gasteiger partial charge in [-0.3, -0.25) is 0 Å². The minimum absolute atomic E-state index is 0.0950. The SMILES string of the molecule is CC(NCCCNS(C)(=O)=O)c1ccc(C(=O)O)o1. The molecule has 0 saturated carbocycles. The first-order chi connectivity index (χ1) is 8.79. The quantitative estimate of drug-likeness (QED) is 0.604. The van der Waals surface area contributed by atoms with Crippen LogP contribution in [0.3, 0.4) is 0 Å². The van der Waals surface area contributed by atoms with Crippen molar-refractivity contribution in [3.8, 4) is 0 Å². The standard InChI is InChI=1S/C11H18N2O5S/c1-8(9-4-5-10(18-9)11(14)15)12-6-3-7-13-19(2,16)17/h4-5,8,12-13H,3,6-7H2,1-2H3,(H,14,15). The van der Waals surface area contributed by atoms with Crippen LogP contribution in [0.4, 0.5) is 0 Å². The molecule has 1 heterocycles. The number of carboxylic acid groups (broad SMARTS) is 1. The Bertz CT molecular complexity index is 523. The summed E-state index contributed by atoms with van der Waals surface area (Å²) in [5, 5.41) is 11.8. The summed E-state index contributed by atoms with van der Waals surface area (Å²) < 4.78 is 29.2. The van der Waals surface area contributed by atoms with Crippen molar-refractivity contribution >= 4 is 16.0 Å². The van der Waals surface area contributed by atoms with Gasteiger partial charge in [0.15, 0.2) is 0 Å². The Kier molecular flexibility index (Phi) is 5.52. The van der Waals surface area contributed by atoms with Crippen LogP contribution in [0.15, 0.2) is 16.5 Å². The molecule has 19 heavy (non-hydrogen) atoms. The topological polar surface area (TPSA) is 109 Å². The predicted molar refractivity (Wildman–Crippen MR) is 69.5 cm³/mol. The molecule has 0 aliphatic rings. The van der Waals surface area contributed by atoms with Gasteiger partial charge in [-0.25, -0.2) is 17.9 Å². The lowest BCUT2D eigenvalue weighted by atomic mass is 10.2. The number of carbonyl (C=O) groups is 1. The largest absolute Gasteiger partial charge is 0.475 e. The second kappa shape index (κ2) is 6.69. The van der Waals surface area contributed by atoms with Crippen molar-refractivity contribution in [2.24, 2.45) is 0 Å². The second-order valence-electron chi connectivity index (χ2n) is 4.20. The molecule has 0 spiro atoms. The molecule has 0 radical (unpaired) electrons. The van der Waals surface area contributed by atoms with Gasteiger partial charge in [0.2, 0.25) is 15.8 Å². The lowest BCUT2D eigenvalue weighted by Crippen LogP contribution is -2.27. The summed E-state index contributed by atoms with van der Waals surface area (Å²) in [6.07, 6.45) is 1.74. The third kappa shape index (κ3) is 5.86. The zero-order chi connectivity index (χ0) is 14.5. The molecule has 0 aliphatic carbocycles. The van der Waals surface area contributed by atoms with Crippen LogP contribution in [-0.2, 0) is 10.0 Å². The number of furan rings is 1. The van der Waals surface area contributed by atoms with E-state index < -0.39 is 16.0 Å². The van der Waals surface area contributed by atoms with Crippen molar-refractivity contribution in [1.82, 2.24) is 10.0 Å². The first-order valence-corrected chi connectivity index (χ1v) is 7.70. The molecule has 7 nitrogen and oxygen atoms in total. The van der Waals surface area contributed by atoms with Crippen LogP contribution in [0.5, 0.6) is 0 Å². The Hall–Kier alpha value is -1.38. The first-order valence-electron chi connectivity index (χ1n) is 5.80. The van der Waals surface area contributed by atoms with Gasteiger partial charge in [-0.05, 0) is 32.0 Å². The van der Waals surface area contributed by atoms with Crippen molar-refractivity contribution in [2.75, 3.05) is 19.3 Å². The van der Waals surface area contributed by atoms with Gasteiger partial charge in [0.25, 0.3) is 0 Å². The van der Waals surface area contributed by atoms with Gasteiger partial charge in [-0.2, -0.15) is 0 Å². The maximum absolute atomic E-state index is 10.8. The number of aromatic carboxylic acids is 1. The predicted octanol–water partition coefficient (Wildman–Crippen LogP) is 0.568. The Morgan fingerprint density at radius 2 is 2.11 bits per heavy atom. The summed E-state index contributed by atoms with van der Waals surface area (Å²) in [5.74, 6) is -0.660. The third-order valence-corrected chi connectivity index (χ3v) is 3.16. The third-order valence-electron chi connectivity index (χ3n) is 2.43. The van der Waals surface area contributed by atoms with E-state index in [1.807, 2.05) is 6.92 Å². The fraction of sp³-hybridized carbons (Fsp3) is 0.545. The van der Waals surface area contributed by atoms with E-state index in [1.165, 1.54) is 6.07 Å². The highest BCUT2D eigenvalue weighted by molar-refractivity contribution is 7.88. The van der Waals surface area contributed by atoms with Gasteiger partial charge in [-0.15, -0.1) is 0 Å². The van der Waals surface area contributed by atoms with Crippen LogP contribution in [-0.4, -0.2) is 38.8 Å². The Morgan fingerprint density at radius 1 is 1.42 bits per heavy atom. The van der Waals surface area contributed by atoms with Crippen LogP contribution >= 0.6 is 0 Å². The lowest BCUT2D eigenvalue weighted by molar-refractivity contribution is 0.0659. The van der Waals surface area contributed by atoms with E-state index in [4.69, 9.17) is 9.52 Å². The minimum atomic E-state index is -3.14. The number of hydrogen-bond donors (Lipinski definition) is 3.